The SMILES string of the molecule is O=C1c2cccn2C(=O)N1Cc1ccccc1. The molecule has 2 heterocycles. The molecule has 2 aromatic rings. The second kappa shape index (κ2) is 3.59. The highest BCUT2D eigenvalue weighted by Crippen LogP contribution is 2.19. The maximum atomic E-state index is 12.0. The number of imide groups is 1. The van der Waals surface area contributed by atoms with Crippen molar-refractivity contribution in [3.8, 4) is 0 Å². The zero-order valence-electron chi connectivity index (χ0n) is 9.04. The molecular weight excluding hydrogens is 216 g/mol. The quantitative estimate of drug-likeness (QED) is 0.787. The van der Waals surface area contributed by atoms with Crippen molar-refractivity contribution in [2.45, 2.75) is 6.54 Å². The van der Waals surface area contributed by atoms with Crippen LogP contribution in [0.4, 0.5) is 4.79 Å². The standard InChI is InChI=1S/C13H10N2O2/c16-12-11-7-4-8-14(11)13(17)15(12)9-10-5-2-1-3-6-10/h1-8H,9H2. The predicted octanol–water partition coefficient (Wildman–Crippen LogP) is 2.11. The second-order valence-electron chi connectivity index (χ2n) is 3.92. The minimum Gasteiger partial charge on any atom is -0.267 e. The second-order valence-corrected chi connectivity index (χ2v) is 3.92. The molecule has 2 amide bonds. The molecule has 0 N–H and O–H groups in total. The number of hydrogen-bond acceptors (Lipinski definition) is 2. The topological polar surface area (TPSA) is 42.3 Å². The number of fused-ring (bicyclic) bond motifs is 1. The number of aromatic nitrogens is 1. The van der Waals surface area contributed by atoms with Crippen LogP contribution in [0.2, 0.25) is 0 Å². The van der Waals surface area contributed by atoms with Gasteiger partial charge in [-0.25, -0.2) is 4.79 Å². The zero-order chi connectivity index (χ0) is 11.8. The van der Waals surface area contributed by atoms with Gasteiger partial charge in [0.25, 0.3) is 5.91 Å². The van der Waals surface area contributed by atoms with Crippen LogP contribution in [0.1, 0.15) is 16.1 Å². The van der Waals surface area contributed by atoms with E-state index in [0.717, 1.165) is 5.56 Å². The van der Waals surface area contributed by atoms with Crippen molar-refractivity contribution in [2.24, 2.45) is 0 Å². The number of nitrogens with zero attached hydrogens (tertiary/aromatic N) is 2. The molecule has 17 heavy (non-hydrogen) atoms. The van der Waals surface area contributed by atoms with Gasteiger partial charge >= 0.3 is 6.03 Å². The lowest BCUT2D eigenvalue weighted by Crippen LogP contribution is -2.30. The summed E-state index contributed by atoms with van der Waals surface area (Å²) in [7, 11) is 0. The van der Waals surface area contributed by atoms with E-state index in [1.165, 1.54) is 9.47 Å². The first kappa shape index (κ1) is 9.84. The van der Waals surface area contributed by atoms with E-state index in [9.17, 15) is 9.59 Å². The first-order valence-electron chi connectivity index (χ1n) is 5.35. The summed E-state index contributed by atoms with van der Waals surface area (Å²) in [6.45, 7) is 0.320. The molecule has 4 nitrogen and oxygen atoms in total. The fourth-order valence-corrected chi connectivity index (χ4v) is 1.98. The van der Waals surface area contributed by atoms with Crippen LogP contribution < -0.4 is 0 Å². The molecule has 0 saturated heterocycles. The Hall–Kier alpha value is -2.36. The van der Waals surface area contributed by atoms with Crippen molar-refractivity contribution in [1.29, 1.82) is 0 Å². The summed E-state index contributed by atoms with van der Waals surface area (Å²) in [4.78, 5) is 25.2. The van der Waals surface area contributed by atoms with Crippen LogP contribution in [-0.2, 0) is 6.54 Å². The van der Waals surface area contributed by atoms with Crippen molar-refractivity contribution in [2.75, 3.05) is 0 Å². The van der Waals surface area contributed by atoms with Gasteiger partial charge in [0.05, 0.1) is 6.54 Å². The first-order valence-corrected chi connectivity index (χ1v) is 5.35. The van der Waals surface area contributed by atoms with Crippen LogP contribution in [0.5, 0.6) is 0 Å². The third kappa shape index (κ3) is 1.45. The maximum Gasteiger partial charge on any atom is 0.336 e. The third-order valence-electron chi connectivity index (χ3n) is 2.83. The maximum absolute atomic E-state index is 12.0. The van der Waals surface area contributed by atoms with E-state index < -0.39 is 0 Å². The smallest absolute Gasteiger partial charge is 0.267 e. The Morgan fingerprint density at radius 1 is 0.941 bits per heavy atom. The summed E-state index contributed by atoms with van der Waals surface area (Å²) in [5.41, 5.74) is 1.38. The summed E-state index contributed by atoms with van der Waals surface area (Å²) in [6, 6.07) is 12.6. The molecule has 0 spiro atoms. The Labute approximate surface area is 98.1 Å². The molecule has 0 saturated carbocycles. The van der Waals surface area contributed by atoms with Gasteiger partial charge in [-0.15, -0.1) is 0 Å². The average Bonchev–Trinajstić information content (AvgIpc) is 2.91. The number of hydrogen-bond donors (Lipinski definition) is 0. The van der Waals surface area contributed by atoms with Crippen LogP contribution in [0.3, 0.4) is 0 Å². The molecular formula is C13H10N2O2. The van der Waals surface area contributed by atoms with Gasteiger partial charge in [-0.05, 0) is 17.7 Å². The van der Waals surface area contributed by atoms with E-state index >= 15 is 0 Å². The molecule has 1 aliphatic rings. The highest BCUT2D eigenvalue weighted by molar-refractivity contribution is 6.11. The third-order valence-corrected chi connectivity index (χ3v) is 2.83. The van der Waals surface area contributed by atoms with Crippen LogP contribution >= 0.6 is 0 Å². The molecule has 0 aliphatic carbocycles. The Kier molecular flexibility index (Phi) is 2.08. The van der Waals surface area contributed by atoms with Crippen LogP contribution in [0.25, 0.3) is 0 Å². The van der Waals surface area contributed by atoms with E-state index in [2.05, 4.69) is 0 Å². The molecule has 0 fully saturated rings. The van der Waals surface area contributed by atoms with Crippen molar-refractivity contribution >= 4 is 11.9 Å². The Bertz CT molecular complexity index is 556. The number of rotatable bonds is 2. The molecule has 0 radical (unpaired) electrons. The summed E-state index contributed by atoms with van der Waals surface area (Å²) in [6.07, 6.45) is 1.61. The van der Waals surface area contributed by atoms with Gasteiger partial charge in [0.15, 0.2) is 0 Å². The Morgan fingerprint density at radius 3 is 2.41 bits per heavy atom. The van der Waals surface area contributed by atoms with Crippen molar-refractivity contribution in [3.63, 3.8) is 0 Å². The fourth-order valence-electron chi connectivity index (χ4n) is 1.98. The first-order chi connectivity index (χ1) is 8.27. The zero-order valence-corrected chi connectivity index (χ0v) is 9.04. The summed E-state index contributed by atoms with van der Waals surface area (Å²) in [5, 5.41) is 0. The lowest BCUT2D eigenvalue weighted by atomic mass is 10.2. The molecule has 84 valence electrons. The van der Waals surface area contributed by atoms with Gasteiger partial charge in [0, 0.05) is 6.20 Å². The predicted molar refractivity (Wildman–Crippen MR) is 61.5 cm³/mol. The molecule has 3 rings (SSSR count). The van der Waals surface area contributed by atoms with Crippen LogP contribution in [-0.4, -0.2) is 21.4 Å². The van der Waals surface area contributed by atoms with Crippen LogP contribution in [0.15, 0.2) is 48.7 Å². The molecule has 0 atom stereocenters. The molecule has 0 unspecified atom stereocenters. The van der Waals surface area contributed by atoms with E-state index in [1.807, 2.05) is 30.3 Å². The van der Waals surface area contributed by atoms with E-state index in [1.54, 1.807) is 18.3 Å². The summed E-state index contributed by atoms with van der Waals surface area (Å²) in [5.74, 6) is -0.233. The number of benzene rings is 1. The lowest BCUT2D eigenvalue weighted by Gasteiger charge is -2.12. The summed E-state index contributed by atoms with van der Waals surface area (Å²) >= 11 is 0. The van der Waals surface area contributed by atoms with Gasteiger partial charge in [-0.3, -0.25) is 14.3 Å². The van der Waals surface area contributed by atoms with E-state index in [-0.39, 0.29) is 11.9 Å². The normalized spacial score (nSPS) is 14.2. The number of carbonyl (C=O) groups is 2. The molecule has 4 heteroatoms. The molecule has 0 bridgehead atoms. The lowest BCUT2D eigenvalue weighted by molar-refractivity contribution is 0.0824. The number of amides is 2. The van der Waals surface area contributed by atoms with Gasteiger partial charge in [-0.2, -0.15) is 0 Å². The Balaban J connectivity index is 1.90. The van der Waals surface area contributed by atoms with E-state index in [4.69, 9.17) is 0 Å². The summed E-state index contributed by atoms with van der Waals surface area (Å²) < 4.78 is 1.38. The molecule has 1 aliphatic heterocycles. The van der Waals surface area contributed by atoms with Gasteiger partial charge < -0.3 is 0 Å². The molecule has 1 aromatic heterocycles. The fraction of sp³-hybridized carbons (Fsp3) is 0.0769. The van der Waals surface area contributed by atoms with Gasteiger partial charge in [0.1, 0.15) is 5.69 Å². The molecule has 1 aromatic carbocycles. The Morgan fingerprint density at radius 2 is 1.71 bits per heavy atom. The minimum absolute atomic E-state index is 0.233. The van der Waals surface area contributed by atoms with Crippen molar-refractivity contribution in [3.05, 3.63) is 59.9 Å². The van der Waals surface area contributed by atoms with Gasteiger partial charge in [-0.1, -0.05) is 30.3 Å². The monoisotopic (exact) mass is 226 g/mol. The highest BCUT2D eigenvalue weighted by Gasteiger charge is 2.34. The highest BCUT2D eigenvalue weighted by atomic mass is 16.2. The van der Waals surface area contributed by atoms with Crippen LogP contribution in [0, 0.1) is 0 Å². The number of carbonyl (C=O) groups excluding carboxylic acids is 2. The largest absolute Gasteiger partial charge is 0.336 e. The average molecular weight is 226 g/mol. The van der Waals surface area contributed by atoms with Crippen molar-refractivity contribution in [1.82, 2.24) is 9.47 Å². The van der Waals surface area contributed by atoms with E-state index in [0.29, 0.717) is 12.2 Å². The minimum atomic E-state index is -0.279. The van der Waals surface area contributed by atoms with Gasteiger partial charge in [0.2, 0.25) is 0 Å². The van der Waals surface area contributed by atoms with Crippen molar-refractivity contribution < 1.29 is 9.59 Å².